The van der Waals surface area contributed by atoms with Gasteiger partial charge in [0.15, 0.2) is 0 Å². The van der Waals surface area contributed by atoms with Crippen molar-refractivity contribution in [2.75, 3.05) is 25.1 Å². The number of ether oxygens (including phenoxy) is 2. The van der Waals surface area contributed by atoms with Crippen LogP contribution in [0.4, 0.5) is 5.69 Å². The molecule has 8 heteroatoms. The number of methoxy groups -OCH3 is 2. The number of hydrogen-bond donors (Lipinski definition) is 0. The molecule has 1 atom stereocenters. The molecule has 3 rings (SSSR count). The van der Waals surface area contributed by atoms with Gasteiger partial charge in [-0.3, -0.25) is 9.10 Å². The Bertz CT molecular complexity index is 861. The summed E-state index contributed by atoms with van der Waals surface area (Å²) in [6, 6.07) is 8.68. The quantitative estimate of drug-likeness (QED) is 0.719. The summed E-state index contributed by atoms with van der Waals surface area (Å²) in [5.41, 5.74) is 1.52. The molecule has 0 aliphatic carbocycles. The van der Waals surface area contributed by atoms with Crippen LogP contribution in [0.5, 0.6) is 5.75 Å². The number of sulfonamides is 1. The number of fused-ring (bicyclic) bond motifs is 1. The summed E-state index contributed by atoms with van der Waals surface area (Å²) < 4.78 is 37.6. The number of hydrogen-bond acceptors (Lipinski definition) is 6. The van der Waals surface area contributed by atoms with Crippen LogP contribution in [-0.4, -0.2) is 35.2 Å². The van der Waals surface area contributed by atoms with Gasteiger partial charge in [0.05, 0.1) is 19.9 Å². The third-order valence-electron chi connectivity index (χ3n) is 4.29. The molecule has 1 aliphatic heterocycles. The molecule has 0 saturated carbocycles. The van der Waals surface area contributed by atoms with Crippen molar-refractivity contribution < 1.29 is 22.7 Å². The van der Waals surface area contributed by atoms with Gasteiger partial charge in [-0.15, -0.1) is 11.3 Å². The average molecular weight is 381 g/mol. The molecule has 25 heavy (non-hydrogen) atoms. The van der Waals surface area contributed by atoms with Crippen LogP contribution in [-0.2, 0) is 19.6 Å². The maximum atomic E-state index is 13.0. The fourth-order valence-corrected chi connectivity index (χ4v) is 5.64. The third kappa shape index (κ3) is 3.36. The first kappa shape index (κ1) is 17.8. The highest BCUT2D eigenvalue weighted by Gasteiger charge is 2.37. The number of carbonyl (C=O) groups is 1. The molecular formula is C17H19NO5S2. The molecule has 0 bridgehead atoms. The monoisotopic (exact) mass is 381 g/mol. The topological polar surface area (TPSA) is 72.9 Å². The number of anilines is 1. The second kappa shape index (κ2) is 7.05. The van der Waals surface area contributed by atoms with E-state index in [1.807, 2.05) is 6.07 Å². The highest BCUT2D eigenvalue weighted by Crippen LogP contribution is 2.43. The first-order valence-electron chi connectivity index (χ1n) is 7.78. The van der Waals surface area contributed by atoms with Crippen LogP contribution >= 0.6 is 11.3 Å². The SMILES string of the molecule is COC(=O)CCC1CN(S(=O)(=O)c2cccs2)c2ccc(OC)cc21. The maximum absolute atomic E-state index is 13.0. The molecule has 1 aromatic carbocycles. The molecule has 0 radical (unpaired) electrons. The molecule has 0 spiro atoms. The summed E-state index contributed by atoms with van der Waals surface area (Å²) >= 11 is 1.19. The van der Waals surface area contributed by atoms with Crippen LogP contribution in [0.1, 0.15) is 24.3 Å². The molecule has 0 fully saturated rings. The Morgan fingerprint density at radius 2 is 2.12 bits per heavy atom. The van der Waals surface area contributed by atoms with Gasteiger partial charge < -0.3 is 9.47 Å². The molecule has 2 heterocycles. The molecule has 0 N–H and O–H groups in total. The van der Waals surface area contributed by atoms with Gasteiger partial charge >= 0.3 is 5.97 Å². The number of nitrogens with zero attached hydrogens (tertiary/aromatic N) is 1. The summed E-state index contributed by atoms with van der Waals surface area (Å²) in [6.07, 6.45) is 0.758. The Kier molecular flexibility index (Phi) is 5.01. The lowest BCUT2D eigenvalue weighted by molar-refractivity contribution is -0.140. The van der Waals surface area contributed by atoms with Crippen molar-refractivity contribution in [3.8, 4) is 5.75 Å². The van der Waals surface area contributed by atoms with Crippen molar-refractivity contribution in [2.45, 2.75) is 23.0 Å². The fourth-order valence-electron chi connectivity index (χ4n) is 3.00. The van der Waals surface area contributed by atoms with Gasteiger partial charge in [0.25, 0.3) is 10.0 Å². The van der Waals surface area contributed by atoms with Gasteiger partial charge in [-0.25, -0.2) is 8.42 Å². The van der Waals surface area contributed by atoms with E-state index in [9.17, 15) is 13.2 Å². The van der Waals surface area contributed by atoms with Crippen LogP contribution < -0.4 is 9.04 Å². The van der Waals surface area contributed by atoms with Crippen molar-refractivity contribution in [2.24, 2.45) is 0 Å². The Balaban J connectivity index is 1.97. The molecule has 1 aromatic heterocycles. The number of benzene rings is 1. The van der Waals surface area contributed by atoms with Gasteiger partial charge in [0, 0.05) is 18.9 Å². The molecule has 1 aliphatic rings. The van der Waals surface area contributed by atoms with Crippen LogP contribution in [0.2, 0.25) is 0 Å². The summed E-state index contributed by atoms with van der Waals surface area (Å²) in [4.78, 5) is 11.5. The maximum Gasteiger partial charge on any atom is 0.305 e. The van der Waals surface area contributed by atoms with Crippen molar-refractivity contribution in [1.29, 1.82) is 0 Å². The highest BCUT2D eigenvalue weighted by molar-refractivity contribution is 7.94. The Hall–Kier alpha value is -2.06. The van der Waals surface area contributed by atoms with E-state index in [0.717, 1.165) is 5.56 Å². The van der Waals surface area contributed by atoms with Crippen molar-refractivity contribution in [3.63, 3.8) is 0 Å². The van der Waals surface area contributed by atoms with Crippen molar-refractivity contribution >= 4 is 33.0 Å². The molecule has 6 nitrogen and oxygen atoms in total. The van der Waals surface area contributed by atoms with Crippen LogP contribution in [0.25, 0.3) is 0 Å². The summed E-state index contributed by atoms with van der Waals surface area (Å²) in [5.74, 6) is 0.278. The van der Waals surface area contributed by atoms with E-state index in [-0.39, 0.29) is 18.3 Å². The second-order valence-corrected chi connectivity index (χ2v) is 8.74. The van der Waals surface area contributed by atoms with E-state index in [2.05, 4.69) is 0 Å². The minimum Gasteiger partial charge on any atom is -0.497 e. The van der Waals surface area contributed by atoms with Crippen LogP contribution in [0.3, 0.4) is 0 Å². The van der Waals surface area contributed by atoms with Gasteiger partial charge in [0.2, 0.25) is 0 Å². The van der Waals surface area contributed by atoms with E-state index < -0.39 is 10.0 Å². The summed E-state index contributed by atoms with van der Waals surface area (Å²) in [7, 11) is -0.692. The number of carbonyl (C=O) groups excluding carboxylic acids is 1. The zero-order chi connectivity index (χ0) is 18.0. The average Bonchev–Trinajstić information content (AvgIpc) is 3.27. The smallest absolute Gasteiger partial charge is 0.305 e. The Labute approximate surface area is 151 Å². The summed E-state index contributed by atoms with van der Waals surface area (Å²) in [6.45, 7) is 0.305. The zero-order valence-electron chi connectivity index (χ0n) is 14.0. The molecule has 1 unspecified atom stereocenters. The fraction of sp³-hybridized carbons (Fsp3) is 0.353. The number of esters is 1. The van der Waals surface area contributed by atoms with Gasteiger partial charge in [-0.1, -0.05) is 6.07 Å². The lowest BCUT2D eigenvalue weighted by Crippen LogP contribution is -2.29. The summed E-state index contributed by atoms with van der Waals surface area (Å²) in [5, 5.41) is 1.74. The predicted molar refractivity (Wildman–Crippen MR) is 95.8 cm³/mol. The third-order valence-corrected chi connectivity index (χ3v) is 7.45. The minimum atomic E-state index is -3.61. The number of thiophene rings is 1. The van der Waals surface area contributed by atoms with E-state index >= 15 is 0 Å². The Morgan fingerprint density at radius 3 is 2.76 bits per heavy atom. The van der Waals surface area contributed by atoms with Crippen molar-refractivity contribution in [3.05, 3.63) is 41.3 Å². The first-order chi connectivity index (χ1) is 12.0. The second-order valence-electron chi connectivity index (χ2n) is 5.70. The first-order valence-corrected chi connectivity index (χ1v) is 10.1. The van der Waals surface area contributed by atoms with E-state index in [1.165, 1.54) is 22.8 Å². The van der Waals surface area contributed by atoms with Gasteiger partial charge in [-0.05, 0) is 41.6 Å². The molecule has 134 valence electrons. The lowest BCUT2D eigenvalue weighted by Gasteiger charge is -2.19. The molecule has 0 saturated heterocycles. The predicted octanol–water partition coefficient (Wildman–Crippen LogP) is 3.00. The highest BCUT2D eigenvalue weighted by atomic mass is 32.2. The van der Waals surface area contributed by atoms with Crippen molar-refractivity contribution in [1.82, 2.24) is 0 Å². The van der Waals surface area contributed by atoms with E-state index in [0.29, 0.717) is 28.6 Å². The van der Waals surface area contributed by atoms with Crippen LogP contribution in [0.15, 0.2) is 39.9 Å². The van der Waals surface area contributed by atoms with Gasteiger partial charge in [-0.2, -0.15) is 0 Å². The Morgan fingerprint density at radius 1 is 1.32 bits per heavy atom. The van der Waals surface area contributed by atoms with E-state index in [1.54, 1.807) is 36.8 Å². The zero-order valence-corrected chi connectivity index (χ0v) is 15.6. The van der Waals surface area contributed by atoms with Crippen LogP contribution in [0, 0.1) is 0 Å². The standard InChI is InChI=1S/C17H19NO5S2/c1-22-13-6-7-15-14(10-13)12(5-8-16(19)23-2)11-18(15)25(20,21)17-4-3-9-24-17/h3-4,6-7,9-10,12H,5,8,11H2,1-2H3. The lowest BCUT2D eigenvalue weighted by atomic mass is 9.96. The largest absolute Gasteiger partial charge is 0.497 e. The minimum absolute atomic E-state index is 0.0843. The van der Waals surface area contributed by atoms with Gasteiger partial charge in [0.1, 0.15) is 9.96 Å². The molecule has 2 aromatic rings. The normalized spacial score (nSPS) is 16.6. The molecular weight excluding hydrogens is 362 g/mol. The van der Waals surface area contributed by atoms with E-state index in [4.69, 9.17) is 9.47 Å². The number of rotatable bonds is 6. The molecule has 0 amide bonds.